The van der Waals surface area contributed by atoms with Gasteiger partial charge in [-0.1, -0.05) is 176 Å². The molecular weight excluding hydrogens is 687 g/mol. The Labute approximate surface area is 324 Å². The van der Waals surface area contributed by atoms with Gasteiger partial charge in [0.1, 0.15) is 0 Å². The van der Waals surface area contributed by atoms with Crippen LogP contribution in [0.1, 0.15) is 0 Å². The summed E-state index contributed by atoms with van der Waals surface area (Å²) in [5.74, 6) is 3.43. The van der Waals surface area contributed by atoms with Crippen molar-refractivity contribution < 1.29 is 0 Å². The largest absolute Gasteiger partial charge is 0.238 e. The van der Waals surface area contributed by atoms with E-state index in [0.29, 0.717) is 40.6 Å². The van der Waals surface area contributed by atoms with E-state index in [2.05, 4.69) is 23.0 Å². The summed E-state index contributed by atoms with van der Waals surface area (Å²) in [6.45, 7) is 7.81. The number of hydrogen-bond donors (Lipinski definition) is 0. The Morgan fingerprint density at radius 2 is 0.643 bits per heavy atom. The maximum Gasteiger partial charge on any atom is 0.187 e. The van der Waals surface area contributed by atoms with E-state index < -0.39 is 0 Å². The smallest absolute Gasteiger partial charge is 0.187 e. The molecule has 0 unspecified atom stereocenters. The van der Waals surface area contributed by atoms with Crippen molar-refractivity contribution in [3.05, 3.63) is 199 Å². The molecule has 0 bridgehead atoms. The first-order valence-electron chi connectivity index (χ1n) is 18.2. The summed E-state index contributed by atoms with van der Waals surface area (Å²) in [4.78, 5) is 33.7. The second kappa shape index (κ2) is 15.2. The summed E-state index contributed by atoms with van der Waals surface area (Å²) in [7, 11) is 0. The van der Waals surface area contributed by atoms with Crippen molar-refractivity contribution in [3.63, 3.8) is 0 Å². The molecule has 0 aliphatic rings. The lowest BCUT2D eigenvalue weighted by atomic mass is 9.89. The molecule has 0 aliphatic carbocycles. The average Bonchev–Trinajstić information content (AvgIpc) is 3.29. The number of aromatic nitrogens is 6. The summed E-state index contributed by atoms with van der Waals surface area (Å²) in [6.07, 6.45) is 0. The summed E-state index contributed by atoms with van der Waals surface area (Å²) in [5, 5.41) is 0. The quantitative estimate of drug-likeness (QED) is 0.146. The lowest BCUT2D eigenvalue weighted by Gasteiger charge is -2.17. The molecule has 56 heavy (non-hydrogen) atoms. The van der Waals surface area contributed by atoms with Crippen LogP contribution in [0.5, 0.6) is 0 Å². The number of hydrogen-bond acceptors (Lipinski definition) is 6. The Kier molecular flexibility index (Phi) is 9.18. The first-order valence-corrected chi connectivity index (χ1v) is 18.2. The lowest BCUT2D eigenvalue weighted by Crippen LogP contribution is -2.02. The minimum atomic E-state index is 0.539. The van der Waals surface area contributed by atoms with Crippen LogP contribution in [0.2, 0.25) is 0 Å². The van der Waals surface area contributed by atoms with Crippen LogP contribution in [0, 0.1) is 6.57 Å². The van der Waals surface area contributed by atoms with Crippen LogP contribution in [0.15, 0.2) is 188 Å². The maximum absolute atomic E-state index is 7.81. The molecular formula is C49H31N7. The summed E-state index contributed by atoms with van der Waals surface area (Å²) >= 11 is 0. The second-order valence-electron chi connectivity index (χ2n) is 13.0. The van der Waals surface area contributed by atoms with Crippen LogP contribution in [0.3, 0.4) is 0 Å². The van der Waals surface area contributed by atoms with Crippen molar-refractivity contribution in [2.75, 3.05) is 0 Å². The molecule has 0 amide bonds. The van der Waals surface area contributed by atoms with Gasteiger partial charge in [-0.3, -0.25) is 0 Å². The van der Waals surface area contributed by atoms with Gasteiger partial charge in [0.05, 0.1) is 6.57 Å². The van der Waals surface area contributed by atoms with Crippen LogP contribution >= 0.6 is 0 Å². The number of rotatable bonds is 8. The predicted octanol–water partition coefficient (Wildman–Crippen LogP) is 11.9. The van der Waals surface area contributed by atoms with Gasteiger partial charge in [-0.2, -0.15) is 0 Å². The van der Waals surface area contributed by atoms with Crippen molar-refractivity contribution >= 4 is 5.69 Å². The van der Waals surface area contributed by atoms with Crippen molar-refractivity contribution in [2.45, 2.75) is 0 Å². The van der Waals surface area contributed by atoms with Gasteiger partial charge in [-0.15, -0.1) is 0 Å². The van der Waals surface area contributed by atoms with E-state index in [0.717, 1.165) is 55.6 Å². The molecule has 0 fully saturated rings. The van der Waals surface area contributed by atoms with Gasteiger partial charge in [0, 0.05) is 33.4 Å². The van der Waals surface area contributed by atoms with Crippen molar-refractivity contribution in [1.29, 1.82) is 0 Å². The van der Waals surface area contributed by atoms with E-state index in [4.69, 9.17) is 36.5 Å². The summed E-state index contributed by atoms with van der Waals surface area (Å²) in [5.41, 5.74) is 9.44. The molecule has 0 radical (unpaired) electrons. The van der Waals surface area contributed by atoms with E-state index >= 15 is 0 Å². The van der Waals surface area contributed by atoms with Gasteiger partial charge >= 0.3 is 0 Å². The molecule has 0 atom stereocenters. The normalized spacial score (nSPS) is 10.8. The highest BCUT2D eigenvalue weighted by atomic mass is 15.0. The molecule has 9 rings (SSSR count). The fraction of sp³-hybridized carbons (Fsp3) is 0. The molecule has 0 saturated heterocycles. The summed E-state index contributed by atoms with van der Waals surface area (Å²) in [6, 6.07) is 61.9. The van der Waals surface area contributed by atoms with Gasteiger partial charge in [0.2, 0.25) is 0 Å². The molecule has 7 nitrogen and oxygen atoms in total. The zero-order chi connectivity index (χ0) is 37.7. The number of nitrogens with zero attached hydrogens (tertiary/aromatic N) is 7. The van der Waals surface area contributed by atoms with Crippen LogP contribution in [0.25, 0.3) is 95.4 Å². The molecule has 262 valence electrons. The third kappa shape index (κ3) is 6.94. The minimum absolute atomic E-state index is 0.539. The van der Waals surface area contributed by atoms with E-state index in [1.54, 1.807) is 0 Å². The Hall–Kier alpha value is -7.95. The predicted molar refractivity (Wildman–Crippen MR) is 223 cm³/mol. The Balaban J connectivity index is 1.25. The highest BCUT2D eigenvalue weighted by molar-refractivity contribution is 5.93. The van der Waals surface area contributed by atoms with E-state index in [1.165, 1.54) is 0 Å². The second-order valence-corrected chi connectivity index (χ2v) is 13.0. The Morgan fingerprint density at radius 1 is 0.268 bits per heavy atom. The van der Waals surface area contributed by atoms with E-state index in [9.17, 15) is 0 Å². The highest BCUT2D eigenvalue weighted by Crippen LogP contribution is 2.41. The molecule has 0 spiro atoms. The Morgan fingerprint density at radius 3 is 1.11 bits per heavy atom. The highest BCUT2D eigenvalue weighted by Gasteiger charge is 2.20. The van der Waals surface area contributed by atoms with Crippen molar-refractivity contribution in [3.8, 4) is 90.6 Å². The number of benzene rings is 7. The standard InChI is InChI=1S/C49H31N7/c1-50-39-26-16-25-37(31-39)43-32-38(48-53-44(33-17-6-2-7-18-33)51-45(54-48)34-19-8-3-9-20-34)29-30-41(43)40-27-14-15-28-42(40)49-55-46(35-21-10-4-11-22-35)52-47(56-49)36-23-12-5-13-24-36/h2-32H. The molecule has 0 N–H and O–H groups in total. The van der Waals surface area contributed by atoms with Gasteiger partial charge in [-0.25, -0.2) is 34.7 Å². The van der Waals surface area contributed by atoms with Crippen LogP contribution in [-0.2, 0) is 0 Å². The fourth-order valence-corrected chi connectivity index (χ4v) is 6.68. The molecule has 2 aromatic heterocycles. The van der Waals surface area contributed by atoms with E-state index in [-0.39, 0.29) is 0 Å². The molecule has 0 saturated carbocycles. The van der Waals surface area contributed by atoms with Crippen molar-refractivity contribution in [1.82, 2.24) is 29.9 Å². The monoisotopic (exact) mass is 717 g/mol. The van der Waals surface area contributed by atoms with Gasteiger partial charge in [-0.05, 0) is 34.4 Å². The Bertz CT molecular complexity index is 2740. The lowest BCUT2D eigenvalue weighted by molar-refractivity contribution is 1.07. The molecule has 0 aliphatic heterocycles. The van der Waals surface area contributed by atoms with Crippen molar-refractivity contribution in [2.24, 2.45) is 0 Å². The third-order valence-electron chi connectivity index (χ3n) is 9.42. The zero-order valence-corrected chi connectivity index (χ0v) is 30.0. The fourth-order valence-electron chi connectivity index (χ4n) is 6.68. The molecule has 2 heterocycles. The minimum Gasteiger partial charge on any atom is -0.238 e. The molecule has 9 aromatic rings. The van der Waals surface area contributed by atoms with Crippen LogP contribution in [0.4, 0.5) is 5.69 Å². The molecule has 7 heteroatoms. The topological polar surface area (TPSA) is 81.7 Å². The van der Waals surface area contributed by atoms with Gasteiger partial charge < -0.3 is 0 Å². The summed E-state index contributed by atoms with van der Waals surface area (Å²) < 4.78 is 0. The van der Waals surface area contributed by atoms with Gasteiger partial charge in [0.25, 0.3) is 0 Å². The first-order chi connectivity index (χ1) is 27.7. The van der Waals surface area contributed by atoms with E-state index in [1.807, 2.05) is 170 Å². The SMILES string of the molecule is [C-]#[N+]c1cccc(-c2cc(-c3nc(-c4ccccc4)nc(-c4ccccc4)n3)ccc2-c2ccccc2-c2nc(-c3ccccc3)nc(-c3ccccc3)n2)c1. The third-order valence-corrected chi connectivity index (χ3v) is 9.42. The maximum atomic E-state index is 7.81. The van der Waals surface area contributed by atoms with Crippen LogP contribution in [-0.4, -0.2) is 29.9 Å². The average molecular weight is 718 g/mol. The first kappa shape index (κ1) is 33.9. The zero-order valence-electron chi connectivity index (χ0n) is 30.0. The van der Waals surface area contributed by atoms with Crippen LogP contribution < -0.4 is 0 Å². The van der Waals surface area contributed by atoms with Gasteiger partial charge in [0.15, 0.2) is 40.6 Å². The molecule has 7 aromatic carbocycles.